The van der Waals surface area contributed by atoms with Gasteiger partial charge in [-0.25, -0.2) is 4.79 Å². The lowest BCUT2D eigenvalue weighted by Crippen LogP contribution is -2.81. The Kier molecular flexibility index (Phi) is 7.23. The SMILES string of the molecule is CC(=O)O[C@@H]1C(=O)C2=C(C)[C@@H](O)C[C@@](O)(C(OC(=O)c3ccccc3)C3[C@@]1(C)[C@@H](C)C[C@H]1OC[C@@]31OC(C)=O)C2(C)C. The van der Waals surface area contributed by atoms with Gasteiger partial charge in [0.1, 0.15) is 17.8 Å². The molecule has 1 saturated heterocycles. The summed E-state index contributed by atoms with van der Waals surface area (Å²) >= 11 is 0. The van der Waals surface area contributed by atoms with E-state index in [-0.39, 0.29) is 30.1 Å². The van der Waals surface area contributed by atoms with E-state index in [0.717, 1.165) is 0 Å². The predicted octanol–water partition coefficient (Wildman–Crippen LogP) is 2.93. The largest absolute Gasteiger partial charge is 0.455 e. The molecule has 1 aliphatic heterocycles. The molecule has 10 nitrogen and oxygen atoms in total. The van der Waals surface area contributed by atoms with Crippen LogP contribution in [0, 0.1) is 22.7 Å². The maximum absolute atomic E-state index is 14.6. The molecule has 3 fully saturated rings. The van der Waals surface area contributed by atoms with Gasteiger partial charge in [0.25, 0.3) is 0 Å². The fourth-order valence-electron chi connectivity index (χ4n) is 8.27. The molecular formula is C32H40O10. The number of ether oxygens (including phenoxy) is 4. The van der Waals surface area contributed by atoms with Crippen LogP contribution in [0.2, 0.25) is 0 Å². The Balaban J connectivity index is 1.85. The Hall–Kier alpha value is -3.08. The lowest BCUT2D eigenvalue weighted by molar-refractivity contribution is -0.351. The van der Waals surface area contributed by atoms with E-state index in [2.05, 4.69) is 0 Å². The first-order chi connectivity index (χ1) is 19.5. The number of ketones is 1. The van der Waals surface area contributed by atoms with Crippen molar-refractivity contribution < 1.29 is 48.3 Å². The molecule has 5 rings (SSSR count). The molecule has 0 amide bonds. The van der Waals surface area contributed by atoms with Crippen molar-refractivity contribution in [3.8, 4) is 0 Å². The van der Waals surface area contributed by atoms with E-state index in [1.165, 1.54) is 13.8 Å². The summed E-state index contributed by atoms with van der Waals surface area (Å²) in [5.74, 6) is -4.06. The molecule has 2 unspecified atom stereocenters. The van der Waals surface area contributed by atoms with Crippen molar-refractivity contribution in [1.29, 1.82) is 0 Å². The number of aliphatic hydroxyl groups excluding tert-OH is 1. The molecule has 1 aromatic rings. The second kappa shape index (κ2) is 9.99. The Morgan fingerprint density at radius 1 is 1.02 bits per heavy atom. The zero-order valence-corrected chi connectivity index (χ0v) is 25.1. The quantitative estimate of drug-likeness (QED) is 0.400. The van der Waals surface area contributed by atoms with Crippen LogP contribution in [0.1, 0.15) is 71.7 Å². The summed E-state index contributed by atoms with van der Waals surface area (Å²) in [6, 6.07) is 8.27. The topological polar surface area (TPSA) is 146 Å². The van der Waals surface area contributed by atoms with Gasteiger partial charge in [-0.3, -0.25) is 14.4 Å². The van der Waals surface area contributed by atoms with Gasteiger partial charge in [-0.2, -0.15) is 0 Å². The van der Waals surface area contributed by atoms with Crippen molar-refractivity contribution in [2.45, 2.75) is 96.9 Å². The van der Waals surface area contributed by atoms with Crippen LogP contribution in [0.3, 0.4) is 0 Å². The number of hydrogen-bond acceptors (Lipinski definition) is 10. The van der Waals surface area contributed by atoms with E-state index < -0.39 is 76.1 Å². The van der Waals surface area contributed by atoms with Gasteiger partial charge < -0.3 is 29.2 Å². The molecule has 2 N–H and O–H groups in total. The van der Waals surface area contributed by atoms with E-state index in [9.17, 15) is 29.4 Å². The Morgan fingerprint density at radius 3 is 2.21 bits per heavy atom. The second-order valence-electron chi connectivity index (χ2n) is 13.2. The highest BCUT2D eigenvalue weighted by atomic mass is 16.6. The lowest BCUT2D eigenvalue weighted by Gasteiger charge is -2.68. The normalized spacial score (nSPS) is 40.4. The number of Topliss-reactive ketones (excluding diaryl/α,β-unsaturated/α-hetero) is 1. The summed E-state index contributed by atoms with van der Waals surface area (Å²) in [6.07, 6.45) is -4.62. The molecule has 10 heteroatoms. The number of rotatable bonds is 4. The molecule has 0 aromatic heterocycles. The Labute approximate surface area is 245 Å². The van der Waals surface area contributed by atoms with E-state index in [0.29, 0.717) is 12.0 Å². The molecule has 1 aromatic carbocycles. The van der Waals surface area contributed by atoms with E-state index in [4.69, 9.17) is 18.9 Å². The third-order valence-corrected chi connectivity index (χ3v) is 10.7. The van der Waals surface area contributed by atoms with Crippen molar-refractivity contribution in [3.05, 3.63) is 47.0 Å². The van der Waals surface area contributed by atoms with Gasteiger partial charge in [0, 0.05) is 36.7 Å². The summed E-state index contributed by atoms with van der Waals surface area (Å²) in [5.41, 5.74) is -5.44. The van der Waals surface area contributed by atoms with Crippen LogP contribution in [0.25, 0.3) is 0 Å². The number of fused-ring (bicyclic) bond motifs is 5. The first-order valence-electron chi connectivity index (χ1n) is 14.4. The van der Waals surface area contributed by atoms with Gasteiger partial charge in [0.2, 0.25) is 5.78 Å². The number of aliphatic hydroxyl groups is 2. The number of esters is 3. The monoisotopic (exact) mass is 584 g/mol. The second-order valence-corrected chi connectivity index (χ2v) is 13.2. The molecule has 1 heterocycles. The van der Waals surface area contributed by atoms with Crippen molar-refractivity contribution in [2.24, 2.45) is 22.7 Å². The van der Waals surface area contributed by atoms with Gasteiger partial charge in [-0.05, 0) is 37.0 Å². The lowest BCUT2D eigenvalue weighted by atomic mass is 9.43. The van der Waals surface area contributed by atoms with Crippen LogP contribution in [0.5, 0.6) is 0 Å². The van der Waals surface area contributed by atoms with Crippen LogP contribution < -0.4 is 0 Å². The maximum Gasteiger partial charge on any atom is 0.338 e. The number of benzene rings is 1. The number of carbonyl (C=O) groups excluding carboxylic acids is 4. The van der Waals surface area contributed by atoms with Gasteiger partial charge in [-0.1, -0.05) is 45.9 Å². The van der Waals surface area contributed by atoms with E-state index in [1.54, 1.807) is 58.0 Å². The molecule has 2 saturated carbocycles. The minimum atomic E-state index is -2.02. The fourth-order valence-corrected chi connectivity index (χ4v) is 8.27. The van der Waals surface area contributed by atoms with Gasteiger partial charge >= 0.3 is 17.9 Å². The molecule has 0 spiro atoms. The molecule has 9 atom stereocenters. The Bertz CT molecular complexity index is 1350. The van der Waals surface area contributed by atoms with Crippen LogP contribution in [-0.2, 0) is 33.3 Å². The Morgan fingerprint density at radius 2 is 1.67 bits per heavy atom. The van der Waals surface area contributed by atoms with Gasteiger partial charge in [-0.15, -0.1) is 0 Å². The van der Waals surface area contributed by atoms with Crippen LogP contribution in [0.15, 0.2) is 41.5 Å². The van der Waals surface area contributed by atoms with E-state index >= 15 is 0 Å². The first-order valence-corrected chi connectivity index (χ1v) is 14.4. The standard InChI is InChI=1S/C32H40O10/c1-16-13-22-31(15-39-22,42-19(4)34)25-27(41-28(37)20-11-9-8-10-12-20)32(38)14-21(35)17(2)23(29(32,5)6)24(36)26(30(16,25)7)40-18(3)33/h8-12,16,21-22,25-27,35,38H,13-15H2,1-7H3/t16-,21-,22+,25?,26+,27?,30+,31-,32+/m0/s1. The minimum Gasteiger partial charge on any atom is -0.455 e. The summed E-state index contributed by atoms with van der Waals surface area (Å²) in [6.45, 7) is 11.0. The number of carbonyl (C=O) groups is 4. The van der Waals surface area contributed by atoms with Crippen molar-refractivity contribution >= 4 is 23.7 Å². The summed E-state index contributed by atoms with van der Waals surface area (Å²) in [5, 5.41) is 24.1. The van der Waals surface area contributed by atoms with Crippen LogP contribution in [-0.4, -0.2) is 76.1 Å². The fraction of sp³-hybridized carbons (Fsp3) is 0.625. The molecule has 228 valence electrons. The summed E-state index contributed by atoms with van der Waals surface area (Å²) in [4.78, 5) is 53.7. The molecule has 0 radical (unpaired) electrons. The highest BCUT2D eigenvalue weighted by Gasteiger charge is 2.77. The third kappa shape index (κ3) is 4.09. The molecule has 2 bridgehead atoms. The van der Waals surface area contributed by atoms with Gasteiger partial charge in [0.05, 0.1) is 24.2 Å². The van der Waals surface area contributed by atoms with Gasteiger partial charge in [0.15, 0.2) is 11.7 Å². The molecule has 4 aliphatic rings. The zero-order valence-electron chi connectivity index (χ0n) is 25.1. The molecular weight excluding hydrogens is 544 g/mol. The van der Waals surface area contributed by atoms with Crippen molar-refractivity contribution in [3.63, 3.8) is 0 Å². The highest BCUT2D eigenvalue weighted by molar-refractivity contribution is 6.03. The van der Waals surface area contributed by atoms with Crippen LogP contribution >= 0.6 is 0 Å². The summed E-state index contributed by atoms with van der Waals surface area (Å²) in [7, 11) is 0. The maximum atomic E-state index is 14.6. The van der Waals surface area contributed by atoms with Crippen LogP contribution in [0.4, 0.5) is 0 Å². The summed E-state index contributed by atoms with van der Waals surface area (Å²) < 4.78 is 24.2. The smallest absolute Gasteiger partial charge is 0.338 e. The predicted molar refractivity (Wildman–Crippen MR) is 148 cm³/mol. The zero-order chi connectivity index (χ0) is 31.0. The third-order valence-electron chi connectivity index (χ3n) is 10.7. The average molecular weight is 585 g/mol. The van der Waals surface area contributed by atoms with Crippen molar-refractivity contribution in [2.75, 3.05) is 6.61 Å². The minimum absolute atomic E-state index is 0.0780. The van der Waals surface area contributed by atoms with Crippen molar-refractivity contribution in [1.82, 2.24) is 0 Å². The first kappa shape index (κ1) is 30.4. The highest BCUT2D eigenvalue weighted by Crippen LogP contribution is 2.66. The number of hydrogen-bond donors (Lipinski definition) is 2. The van der Waals surface area contributed by atoms with E-state index in [1.807, 2.05) is 6.92 Å². The molecule has 3 aliphatic carbocycles. The average Bonchev–Trinajstić information content (AvgIpc) is 2.90. The molecule has 42 heavy (non-hydrogen) atoms.